The van der Waals surface area contributed by atoms with E-state index in [1.54, 1.807) is 0 Å². The van der Waals surface area contributed by atoms with Crippen molar-refractivity contribution in [2.45, 2.75) is 38.0 Å². The van der Waals surface area contributed by atoms with Crippen LogP contribution in [0.15, 0.2) is 36.4 Å². The second-order valence-electron chi connectivity index (χ2n) is 5.29. The Kier molecular flexibility index (Phi) is 5.61. The van der Waals surface area contributed by atoms with Crippen LogP contribution >= 0.6 is 0 Å². The summed E-state index contributed by atoms with van der Waals surface area (Å²) < 4.78 is 72.0. The normalized spacial score (nSPS) is 14.5. The van der Waals surface area contributed by atoms with Crippen LogP contribution in [0.3, 0.4) is 0 Å². The van der Waals surface area contributed by atoms with Gasteiger partial charge in [-0.25, -0.2) is 4.79 Å². The minimum Gasteiger partial charge on any atom is -0.544 e. The molecule has 0 aromatic heterocycles. The third-order valence-corrected chi connectivity index (χ3v) is 3.53. The standard InChI is InChI=1S/C16H15F5O4/c1-4-14(15(17,18)13(23)24,25-12(22)9(2)3)10-6-5-7-11(8-10)16(19,20)21/h5-8H,2,4H2,1,3H3,(H,23,24)/p-1. The van der Waals surface area contributed by atoms with Crippen LogP contribution in [0.2, 0.25) is 0 Å². The molecule has 25 heavy (non-hydrogen) atoms. The van der Waals surface area contributed by atoms with Crippen LogP contribution in [-0.4, -0.2) is 17.9 Å². The first kappa shape index (κ1) is 20.6. The van der Waals surface area contributed by atoms with E-state index in [4.69, 9.17) is 0 Å². The lowest BCUT2D eigenvalue weighted by Gasteiger charge is -2.40. The number of alkyl halides is 5. The zero-order valence-corrected chi connectivity index (χ0v) is 13.2. The molecule has 1 unspecified atom stereocenters. The van der Waals surface area contributed by atoms with Crippen LogP contribution in [0, 0.1) is 0 Å². The van der Waals surface area contributed by atoms with Crippen LogP contribution in [0.25, 0.3) is 0 Å². The van der Waals surface area contributed by atoms with Crippen LogP contribution in [0.1, 0.15) is 31.4 Å². The molecule has 0 N–H and O–H groups in total. The summed E-state index contributed by atoms with van der Waals surface area (Å²) in [6.07, 6.45) is -5.70. The van der Waals surface area contributed by atoms with E-state index in [0.29, 0.717) is 12.1 Å². The van der Waals surface area contributed by atoms with Crippen molar-refractivity contribution in [1.29, 1.82) is 0 Å². The smallest absolute Gasteiger partial charge is 0.416 e. The molecule has 0 spiro atoms. The van der Waals surface area contributed by atoms with Crippen LogP contribution in [0.4, 0.5) is 22.0 Å². The topological polar surface area (TPSA) is 66.4 Å². The number of carboxylic acids is 1. The molecular weight excluding hydrogens is 351 g/mol. The first-order valence-electron chi connectivity index (χ1n) is 6.95. The number of esters is 1. The quantitative estimate of drug-likeness (QED) is 0.442. The van der Waals surface area contributed by atoms with Crippen molar-refractivity contribution in [2.24, 2.45) is 0 Å². The van der Waals surface area contributed by atoms with Crippen molar-refractivity contribution in [3.05, 3.63) is 47.5 Å². The van der Waals surface area contributed by atoms with Crippen molar-refractivity contribution in [1.82, 2.24) is 0 Å². The van der Waals surface area contributed by atoms with E-state index in [9.17, 15) is 36.6 Å². The summed E-state index contributed by atoms with van der Waals surface area (Å²) >= 11 is 0. The van der Waals surface area contributed by atoms with Gasteiger partial charge in [0.25, 0.3) is 0 Å². The van der Waals surface area contributed by atoms with Gasteiger partial charge in [-0.15, -0.1) is 0 Å². The maximum atomic E-state index is 14.4. The monoisotopic (exact) mass is 365 g/mol. The Morgan fingerprint density at radius 3 is 2.08 bits per heavy atom. The summed E-state index contributed by atoms with van der Waals surface area (Å²) in [5, 5.41) is 10.9. The van der Waals surface area contributed by atoms with E-state index in [2.05, 4.69) is 11.3 Å². The molecule has 0 radical (unpaired) electrons. The number of ether oxygens (including phenoxy) is 1. The predicted octanol–water partition coefficient (Wildman–Crippen LogP) is 2.82. The van der Waals surface area contributed by atoms with Crippen molar-refractivity contribution in [3.63, 3.8) is 0 Å². The van der Waals surface area contributed by atoms with E-state index in [-0.39, 0.29) is 5.57 Å². The van der Waals surface area contributed by atoms with Crippen molar-refractivity contribution in [3.8, 4) is 0 Å². The molecule has 0 bridgehead atoms. The average molecular weight is 365 g/mol. The minimum atomic E-state index is -4.87. The number of rotatable bonds is 6. The molecule has 1 aromatic carbocycles. The van der Waals surface area contributed by atoms with Crippen molar-refractivity contribution in [2.75, 3.05) is 0 Å². The summed E-state index contributed by atoms with van der Waals surface area (Å²) in [6.45, 7) is 5.35. The maximum Gasteiger partial charge on any atom is 0.416 e. The van der Waals surface area contributed by atoms with Crippen LogP contribution < -0.4 is 5.11 Å². The second-order valence-corrected chi connectivity index (χ2v) is 5.29. The lowest BCUT2D eigenvalue weighted by Crippen LogP contribution is -2.58. The lowest BCUT2D eigenvalue weighted by atomic mass is 9.83. The number of carboxylic acid groups (broad SMARTS) is 1. The Balaban J connectivity index is 3.69. The predicted molar refractivity (Wildman–Crippen MR) is 74.3 cm³/mol. The molecule has 1 aromatic rings. The third-order valence-electron chi connectivity index (χ3n) is 3.53. The molecule has 0 aliphatic rings. The van der Waals surface area contributed by atoms with Gasteiger partial charge in [-0.1, -0.05) is 25.6 Å². The summed E-state index contributed by atoms with van der Waals surface area (Å²) in [6, 6.07) is 2.55. The van der Waals surface area contributed by atoms with E-state index in [1.165, 1.54) is 0 Å². The van der Waals surface area contributed by atoms with Gasteiger partial charge in [-0.3, -0.25) is 0 Å². The van der Waals surface area contributed by atoms with E-state index >= 15 is 0 Å². The second kappa shape index (κ2) is 6.81. The van der Waals surface area contributed by atoms with Crippen LogP contribution in [0.5, 0.6) is 0 Å². The zero-order chi connectivity index (χ0) is 19.6. The highest BCUT2D eigenvalue weighted by Gasteiger charge is 2.58. The van der Waals surface area contributed by atoms with Gasteiger partial charge in [-0.05, 0) is 25.5 Å². The zero-order valence-electron chi connectivity index (χ0n) is 13.2. The molecule has 138 valence electrons. The van der Waals surface area contributed by atoms with Gasteiger partial charge < -0.3 is 14.6 Å². The molecule has 1 atom stereocenters. The fourth-order valence-electron chi connectivity index (χ4n) is 2.16. The van der Waals surface area contributed by atoms with Gasteiger partial charge in [0.05, 0.1) is 5.56 Å². The van der Waals surface area contributed by atoms with Gasteiger partial charge in [0, 0.05) is 11.1 Å². The minimum absolute atomic E-state index is 0.312. The molecule has 1 rings (SSSR count). The largest absolute Gasteiger partial charge is 0.544 e. The molecule has 4 nitrogen and oxygen atoms in total. The molecule has 0 amide bonds. The van der Waals surface area contributed by atoms with Gasteiger partial charge in [0.1, 0.15) is 5.97 Å². The fourth-order valence-corrected chi connectivity index (χ4v) is 2.16. The highest BCUT2D eigenvalue weighted by atomic mass is 19.4. The Morgan fingerprint density at radius 1 is 1.16 bits per heavy atom. The Hall–Kier alpha value is -2.45. The number of halogens is 5. The molecule has 9 heteroatoms. The SMILES string of the molecule is C=C(C)C(=O)OC(CC)(c1cccc(C(F)(F)F)c1)C(F)(F)C(=O)[O-]. The first-order valence-corrected chi connectivity index (χ1v) is 6.95. The molecule has 0 heterocycles. The molecule has 0 aliphatic carbocycles. The van der Waals surface area contributed by atoms with Crippen LogP contribution in [-0.2, 0) is 26.1 Å². The number of benzene rings is 1. The number of aliphatic carboxylic acids is 1. The molecule has 0 fully saturated rings. The summed E-state index contributed by atoms with van der Waals surface area (Å²) in [5.74, 6) is -9.06. The maximum absolute atomic E-state index is 14.4. The van der Waals surface area contributed by atoms with Gasteiger partial charge >= 0.3 is 18.1 Å². The Labute approximate surface area is 139 Å². The van der Waals surface area contributed by atoms with Crippen molar-refractivity contribution < 1.29 is 41.4 Å². The van der Waals surface area contributed by atoms with E-state index in [0.717, 1.165) is 26.0 Å². The van der Waals surface area contributed by atoms with Crippen molar-refractivity contribution >= 4 is 11.9 Å². The molecular formula is C16H14F5O4-. The van der Waals surface area contributed by atoms with E-state index in [1.807, 2.05) is 0 Å². The third kappa shape index (κ3) is 3.80. The number of carbonyl (C=O) groups excluding carboxylic acids is 2. The summed E-state index contributed by atoms with van der Waals surface area (Å²) in [7, 11) is 0. The highest BCUT2D eigenvalue weighted by molar-refractivity contribution is 5.88. The summed E-state index contributed by atoms with van der Waals surface area (Å²) in [4.78, 5) is 22.7. The molecule has 0 aliphatic heterocycles. The lowest BCUT2D eigenvalue weighted by molar-refractivity contribution is -0.346. The molecule has 0 saturated carbocycles. The average Bonchev–Trinajstić information content (AvgIpc) is 2.51. The number of hydrogen-bond acceptors (Lipinski definition) is 4. The van der Waals surface area contributed by atoms with Gasteiger partial charge in [0.2, 0.25) is 5.60 Å². The van der Waals surface area contributed by atoms with E-state index < -0.39 is 47.2 Å². The Morgan fingerprint density at radius 2 is 1.68 bits per heavy atom. The fraction of sp³-hybridized carbons (Fsp3) is 0.375. The summed E-state index contributed by atoms with van der Waals surface area (Å²) in [5.41, 5.74) is -5.65. The molecule has 0 saturated heterocycles. The Bertz CT molecular complexity index is 696. The number of carbonyl (C=O) groups is 2. The highest BCUT2D eigenvalue weighted by Crippen LogP contribution is 2.45. The first-order chi connectivity index (χ1) is 11.3. The number of hydrogen-bond donors (Lipinski definition) is 0. The van der Waals surface area contributed by atoms with Gasteiger partial charge in [0.15, 0.2) is 0 Å². The van der Waals surface area contributed by atoms with Gasteiger partial charge in [-0.2, -0.15) is 22.0 Å².